The molecule has 4 amide bonds. The van der Waals surface area contributed by atoms with Crippen molar-refractivity contribution < 1.29 is 9.59 Å². The van der Waals surface area contributed by atoms with E-state index in [1.165, 1.54) is 16.7 Å². The summed E-state index contributed by atoms with van der Waals surface area (Å²) in [5, 5.41) is 2.83. The number of thioether (sulfide) groups is 1. The normalized spacial score (nSPS) is 19.9. The van der Waals surface area contributed by atoms with Gasteiger partial charge < -0.3 is 5.32 Å². The zero-order chi connectivity index (χ0) is 14.0. The first-order valence-electron chi connectivity index (χ1n) is 6.07. The maximum atomic E-state index is 12.5. The van der Waals surface area contributed by atoms with Gasteiger partial charge in [-0.25, -0.2) is 14.5 Å². The Labute approximate surface area is 116 Å². The van der Waals surface area contributed by atoms with Crippen LogP contribution >= 0.6 is 11.8 Å². The molecule has 1 saturated heterocycles. The van der Waals surface area contributed by atoms with Crippen LogP contribution in [0, 0.1) is 0 Å². The van der Waals surface area contributed by atoms with E-state index in [0.29, 0.717) is 5.69 Å². The van der Waals surface area contributed by atoms with Gasteiger partial charge in [0, 0.05) is 6.04 Å². The van der Waals surface area contributed by atoms with Crippen molar-refractivity contribution >= 4 is 29.5 Å². The second kappa shape index (κ2) is 5.52. The quantitative estimate of drug-likeness (QED) is 0.925. The number of hydrogen-bond donors (Lipinski definition) is 1. The fourth-order valence-corrected chi connectivity index (χ4v) is 2.79. The maximum Gasteiger partial charge on any atom is 0.335 e. The maximum absolute atomic E-state index is 12.5. The van der Waals surface area contributed by atoms with Crippen LogP contribution in [-0.2, 0) is 0 Å². The van der Waals surface area contributed by atoms with Crippen LogP contribution < -0.4 is 10.2 Å². The van der Waals surface area contributed by atoms with Crippen LogP contribution in [0.4, 0.5) is 15.3 Å². The van der Waals surface area contributed by atoms with Crippen molar-refractivity contribution in [3.8, 4) is 0 Å². The van der Waals surface area contributed by atoms with Gasteiger partial charge in [0.1, 0.15) is 0 Å². The van der Waals surface area contributed by atoms with Gasteiger partial charge in [0.2, 0.25) is 0 Å². The molecule has 1 aromatic rings. The molecular formula is C13H17N3O2S. The summed E-state index contributed by atoms with van der Waals surface area (Å²) >= 11 is 1.43. The Bertz CT molecular complexity index is 478. The fraction of sp³-hybridized carbons (Fsp3) is 0.385. The smallest absolute Gasteiger partial charge is 0.308 e. The highest BCUT2D eigenvalue weighted by molar-refractivity contribution is 7.99. The van der Waals surface area contributed by atoms with Gasteiger partial charge in [-0.05, 0) is 32.2 Å². The van der Waals surface area contributed by atoms with Crippen molar-refractivity contribution in [3.63, 3.8) is 0 Å². The van der Waals surface area contributed by atoms with Crippen LogP contribution in [-0.4, -0.2) is 34.8 Å². The molecule has 1 aliphatic rings. The number of hydrogen-bond acceptors (Lipinski definition) is 3. The molecule has 5 nitrogen and oxygen atoms in total. The van der Waals surface area contributed by atoms with Crippen molar-refractivity contribution in [1.29, 1.82) is 0 Å². The van der Waals surface area contributed by atoms with Crippen molar-refractivity contribution in [2.45, 2.75) is 25.4 Å². The minimum absolute atomic E-state index is 0.0109. The summed E-state index contributed by atoms with van der Waals surface area (Å²) in [6.07, 6.45) is 1.87. The predicted molar refractivity (Wildman–Crippen MR) is 77.1 cm³/mol. The van der Waals surface area contributed by atoms with Gasteiger partial charge in [-0.3, -0.25) is 4.90 Å². The molecule has 1 aliphatic heterocycles. The van der Waals surface area contributed by atoms with E-state index >= 15 is 0 Å². The molecule has 0 aromatic heterocycles. The molecule has 1 heterocycles. The molecule has 102 valence electrons. The van der Waals surface area contributed by atoms with E-state index in [1.807, 2.05) is 26.2 Å². The third-order valence-electron chi connectivity index (χ3n) is 2.91. The monoisotopic (exact) mass is 279 g/mol. The second-order valence-corrected chi connectivity index (χ2v) is 5.41. The van der Waals surface area contributed by atoms with E-state index in [9.17, 15) is 9.59 Å². The Balaban J connectivity index is 2.35. The highest BCUT2D eigenvalue weighted by Crippen LogP contribution is 2.25. The number of carbonyl (C=O) groups is 2. The number of nitrogens with one attached hydrogen (secondary N) is 1. The predicted octanol–water partition coefficient (Wildman–Crippen LogP) is 2.69. The summed E-state index contributed by atoms with van der Waals surface area (Å²) in [5.41, 5.74) is 0.259. The van der Waals surface area contributed by atoms with Crippen LogP contribution in [0.25, 0.3) is 0 Å². The number of anilines is 1. The Morgan fingerprint density at radius 1 is 1.21 bits per heavy atom. The van der Waals surface area contributed by atoms with Crippen molar-refractivity contribution in [2.24, 2.45) is 0 Å². The number of amides is 4. The van der Waals surface area contributed by atoms with E-state index in [1.54, 1.807) is 29.2 Å². The number of para-hydroxylation sites is 1. The average Bonchev–Trinajstić information content (AvgIpc) is 2.38. The highest BCUT2D eigenvalue weighted by atomic mass is 32.2. The lowest BCUT2D eigenvalue weighted by Crippen LogP contribution is -2.65. The first-order valence-corrected chi connectivity index (χ1v) is 7.35. The first-order chi connectivity index (χ1) is 9.06. The molecule has 2 rings (SSSR count). The minimum atomic E-state index is -0.382. The largest absolute Gasteiger partial charge is 0.335 e. The molecule has 1 aromatic carbocycles. The number of imide groups is 1. The molecule has 19 heavy (non-hydrogen) atoms. The third-order valence-corrected chi connectivity index (χ3v) is 3.70. The van der Waals surface area contributed by atoms with E-state index in [0.717, 1.165) is 0 Å². The first kappa shape index (κ1) is 13.7. The number of nitrogens with zero attached hydrogens (tertiary/aromatic N) is 2. The van der Waals surface area contributed by atoms with Gasteiger partial charge in [0.05, 0.1) is 5.69 Å². The Kier molecular flexibility index (Phi) is 3.99. The molecule has 0 aliphatic carbocycles. The zero-order valence-electron chi connectivity index (χ0n) is 11.2. The molecule has 0 spiro atoms. The Morgan fingerprint density at radius 3 is 2.37 bits per heavy atom. The van der Waals surface area contributed by atoms with Gasteiger partial charge in [-0.1, -0.05) is 18.2 Å². The average molecular weight is 279 g/mol. The van der Waals surface area contributed by atoms with Crippen LogP contribution in [0.3, 0.4) is 0 Å². The molecule has 1 fully saturated rings. The lowest BCUT2D eigenvalue weighted by Gasteiger charge is -2.42. The van der Waals surface area contributed by atoms with Crippen LogP contribution in [0.2, 0.25) is 0 Å². The second-order valence-electron chi connectivity index (χ2n) is 4.49. The summed E-state index contributed by atoms with van der Waals surface area (Å²) in [5.74, 6) is 0. The summed E-state index contributed by atoms with van der Waals surface area (Å²) in [7, 11) is 0. The summed E-state index contributed by atoms with van der Waals surface area (Å²) in [6, 6.07) is 8.28. The van der Waals surface area contributed by atoms with E-state index in [-0.39, 0.29) is 23.6 Å². The molecule has 1 N–H and O–H groups in total. The fourth-order valence-electron chi connectivity index (χ4n) is 2.01. The topological polar surface area (TPSA) is 52.7 Å². The highest BCUT2D eigenvalue weighted by Gasteiger charge is 2.39. The summed E-state index contributed by atoms with van der Waals surface area (Å²) < 4.78 is 0. The van der Waals surface area contributed by atoms with Crippen molar-refractivity contribution in [2.75, 3.05) is 11.2 Å². The van der Waals surface area contributed by atoms with Gasteiger partial charge in [-0.2, -0.15) is 0 Å². The number of benzene rings is 1. The van der Waals surface area contributed by atoms with Gasteiger partial charge in [0.15, 0.2) is 5.50 Å². The Morgan fingerprint density at radius 2 is 1.84 bits per heavy atom. The standard InChI is InChI=1S/C13H17N3O2S/c1-9(2)15-12(19-3)14-11(17)16(13(15)18)10-7-5-4-6-8-10/h4-9,12H,1-3H3,(H,14,17). The summed E-state index contributed by atoms with van der Waals surface area (Å²) in [6.45, 7) is 3.86. The van der Waals surface area contributed by atoms with Crippen molar-refractivity contribution in [1.82, 2.24) is 10.2 Å². The van der Waals surface area contributed by atoms with Crippen LogP contribution in [0.5, 0.6) is 0 Å². The SMILES string of the molecule is CSC1NC(=O)N(c2ccccc2)C(=O)N1C(C)C. The number of urea groups is 2. The zero-order valence-corrected chi connectivity index (χ0v) is 12.0. The number of carbonyl (C=O) groups excluding carboxylic acids is 2. The van der Waals surface area contributed by atoms with Gasteiger partial charge in [0.25, 0.3) is 0 Å². The molecular weight excluding hydrogens is 262 g/mol. The van der Waals surface area contributed by atoms with E-state index < -0.39 is 0 Å². The Hall–Kier alpha value is -1.69. The van der Waals surface area contributed by atoms with E-state index in [4.69, 9.17) is 0 Å². The molecule has 0 saturated carbocycles. The third kappa shape index (κ3) is 2.53. The van der Waals surface area contributed by atoms with E-state index in [2.05, 4.69) is 5.32 Å². The molecule has 0 bridgehead atoms. The van der Waals surface area contributed by atoms with Gasteiger partial charge in [-0.15, -0.1) is 11.8 Å². The lowest BCUT2D eigenvalue weighted by molar-refractivity contribution is 0.162. The van der Waals surface area contributed by atoms with Crippen LogP contribution in [0.1, 0.15) is 13.8 Å². The lowest BCUT2D eigenvalue weighted by atomic mass is 10.2. The molecule has 1 unspecified atom stereocenters. The van der Waals surface area contributed by atoms with Gasteiger partial charge >= 0.3 is 12.1 Å². The van der Waals surface area contributed by atoms with Crippen molar-refractivity contribution in [3.05, 3.63) is 30.3 Å². The summed E-state index contributed by atoms with van der Waals surface area (Å²) in [4.78, 5) is 27.5. The number of rotatable bonds is 3. The van der Waals surface area contributed by atoms with Crippen LogP contribution in [0.15, 0.2) is 30.3 Å². The molecule has 6 heteroatoms. The minimum Gasteiger partial charge on any atom is -0.308 e. The molecule has 0 radical (unpaired) electrons. The molecule has 1 atom stereocenters.